The van der Waals surface area contributed by atoms with Crippen LogP contribution >= 0.6 is 0 Å². The summed E-state index contributed by atoms with van der Waals surface area (Å²) in [4.78, 5) is 37.6. The molecule has 2 aliphatic heterocycles. The fourth-order valence-electron chi connectivity index (χ4n) is 3.98. The quantitative estimate of drug-likeness (QED) is 0.432. The zero-order valence-electron chi connectivity index (χ0n) is 18.2. The summed E-state index contributed by atoms with van der Waals surface area (Å²) in [5.74, 6) is -2.15. The van der Waals surface area contributed by atoms with Crippen molar-refractivity contribution in [2.75, 3.05) is 12.4 Å². The zero-order chi connectivity index (χ0) is 24.7. The van der Waals surface area contributed by atoms with Crippen LogP contribution in [-0.2, 0) is 40.3 Å². The van der Waals surface area contributed by atoms with E-state index in [1.165, 1.54) is 35.2 Å². The number of aryl methyl sites for hydroxylation is 1. The van der Waals surface area contributed by atoms with E-state index >= 15 is 0 Å². The number of nitrogens with one attached hydrogen (secondary N) is 1. The van der Waals surface area contributed by atoms with Crippen molar-refractivity contribution >= 4 is 37.7 Å². The highest BCUT2D eigenvalue weighted by Crippen LogP contribution is 2.32. The maximum Gasteiger partial charge on any atom is 0.297 e. The van der Waals surface area contributed by atoms with Gasteiger partial charge in [0, 0.05) is 24.1 Å². The number of hydrogen-bond acceptors (Lipinski definition) is 8. The fraction of sp³-hybridized carbons (Fsp3) is 0.318. The monoisotopic (exact) mass is 506 g/mol. The number of carbonyl (C=O) groups is 3. The third kappa shape index (κ3) is 4.61. The van der Waals surface area contributed by atoms with Gasteiger partial charge in [-0.2, -0.15) is 8.42 Å². The SMILES string of the molecule is Cc1ccc(S(=O)(=O)OCCS(=O)(=O)c2cccc3c2CN(C2CCC(=O)NC2=O)C3=O)cc1. The Morgan fingerprint density at radius 1 is 1.03 bits per heavy atom. The van der Waals surface area contributed by atoms with Crippen molar-refractivity contribution in [3.05, 3.63) is 59.2 Å². The molecule has 3 amide bonds. The molecule has 12 heteroatoms. The smallest absolute Gasteiger partial charge is 0.297 e. The normalized spacial score (nSPS) is 18.7. The number of hydrogen-bond donors (Lipinski definition) is 1. The third-order valence-corrected chi connectivity index (χ3v) is 8.86. The average Bonchev–Trinajstić information content (AvgIpc) is 3.10. The van der Waals surface area contributed by atoms with Gasteiger partial charge in [0.05, 0.1) is 22.2 Å². The van der Waals surface area contributed by atoms with Gasteiger partial charge in [-0.3, -0.25) is 23.9 Å². The molecule has 2 aromatic rings. The minimum Gasteiger partial charge on any atom is -0.322 e. The maximum absolute atomic E-state index is 13.0. The Balaban J connectivity index is 1.50. The predicted molar refractivity (Wildman–Crippen MR) is 119 cm³/mol. The van der Waals surface area contributed by atoms with E-state index in [9.17, 15) is 31.2 Å². The molecule has 1 saturated heterocycles. The molecule has 180 valence electrons. The summed E-state index contributed by atoms with van der Waals surface area (Å²) in [6.45, 7) is 1.08. The molecular formula is C22H22N2O8S2. The van der Waals surface area contributed by atoms with Gasteiger partial charge in [-0.1, -0.05) is 23.8 Å². The van der Waals surface area contributed by atoms with E-state index in [-0.39, 0.29) is 40.3 Å². The molecule has 1 fully saturated rings. The first kappa shape index (κ1) is 24.0. The first-order valence-corrected chi connectivity index (χ1v) is 13.5. The number of piperidine rings is 1. The van der Waals surface area contributed by atoms with Crippen LogP contribution in [0.4, 0.5) is 0 Å². The number of amides is 3. The van der Waals surface area contributed by atoms with Crippen LogP contribution in [0.5, 0.6) is 0 Å². The lowest BCUT2D eigenvalue weighted by Crippen LogP contribution is -2.52. The van der Waals surface area contributed by atoms with Crippen molar-refractivity contribution in [2.45, 2.75) is 42.1 Å². The molecule has 0 radical (unpaired) electrons. The van der Waals surface area contributed by atoms with Gasteiger partial charge >= 0.3 is 0 Å². The number of imide groups is 1. The number of benzene rings is 2. The Labute approximate surface area is 196 Å². The summed E-state index contributed by atoms with van der Waals surface area (Å²) in [5, 5.41) is 2.19. The average molecular weight is 507 g/mol. The molecule has 0 bridgehead atoms. The highest BCUT2D eigenvalue weighted by molar-refractivity contribution is 7.91. The van der Waals surface area contributed by atoms with Gasteiger partial charge in [-0.25, -0.2) is 8.42 Å². The van der Waals surface area contributed by atoms with E-state index in [2.05, 4.69) is 5.32 Å². The summed E-state index contributed by atoms with van der Waals surface area (Å²) >= 11 is 0. The lowest BCUT2D eigenvalue weighted by Gasteiger charge is -2.29. The maximum atomic E-state index is 13.0. The highest BCUT2D eigenvalue weighted by Gasteiger charge is 2.41. The van der Waals surface area contributed by atoms with Crippen LogP contribution in [0, 0.1) is 6.92 Å². The predicted octanol–water partition coefficient (Wildman–Crippen LogP) is 0.935. The Morgan fingerprint density at radius 3 is 2.41 bits per heavy atom. The van der Waals surface area contributed by atoms with Crippen molar-refractivity contribution in [3.8, 4) is 0 Å². The van der Waals surface area contributed by atoms with E-state index in [1.807, 2.05) is 0 Å². The zero-order valence-corrected chi connectivity index (χ0v) is 19.8. The molecule has 0 saturated carbocycles. The Morgan fingerprint density at radius 2 is 1.74 bits per heavy atom. The van der Waals surface area contributed by atoms with Crippen LogP contribution in [-0.4, -0.2) is 57.9 Å². The van der Waals surface area contributed by atoms with Gasteiger partial charge in [0.1, 0.15) is 6.04 Å². The summed E-state index contributed by atoms with van der Waals surface area (Å²) in [6, 6.07) is 9.30. The minimum absolute atomic E-state index is 0.0779. The lowest BCUT2D eigenvalue weighted by atomic mass is 10.0. The molecule has 34 heavy (non-hydrogen) atoms. The molecule has 2 aromatic carbocycles. The largest absolute Gasteiger partial charge is 0.322 e. The molecule has 1 unspecified atom stereocenters. The van der Waals surface area contributed by atoms with Gasteiger partial charge in [0.15, 0.2) is 9.84 Å². The molecule has 1 atom stereocenters. The number of carbonyl (C=O) groups excluding carboxylic acids is 3. The van der Waals surface area contributed by atoms with Gasteiger partial charge in [0.25, 0.3) is 16.0 Å². The Bertz CT molecular complexity index is 1380. The van der Waals surface area contributed by atoms with E-state index < -0.39 is 56.1 Å². The van der Waals surface area contributed by atoms with E-state index in [1.54, 1.807) is 19.1 Å². The van der Waals surface area contributed by atoms with Crippen LogP contribution in [0.25, 0.3) is 0 Å². The summed E-state index contributed by atoms with van der Waals surface area (Å²) in [6.07, 6.45) is 0.228. The van der Waals surface area contributed by atoms with Gasteiger partial charge in [0.2, 0.25) is 11.8 Å². The summed E-state index contributed by atoms with van der Waals surface area (Å²) < 4.78 is 55.7. The standard InChI is InChI=1S/C22H22N2O8S2/c1-14-5-7-15(8-6-14)34(30,31)32-11-12-33(28,29)19-4-2-3-16-17(19)13-24(22(16)27)18-9-10-20(25)23-21(18)26/h2-8,18H,9-13H2,1H3,(H,23,25,26). The molecule has 1 N–H and O–H groups in total. The van der Waals surface area contributed by atoms with Crippen LogP contribution in [0.15, 0.2) is 52.3 Å². The van der Waals surface area contributed by atoms with Crippen LogP contribution < -0.4 is 5.32 Å². The number of rotatable bonds is 7. The highest BCUT2D eigenvalue weighted by atomic mass is 32.2. The number of fused-ring (bicyclic) bond motifs is 1. The van der Waals surface area contributed by atoms with Crippen molar-refractivity contribution in [1.29, 1.82) is 0 Å². The van der Waals surface area contributed by atoms with Gasteiger partial charge in [-0.05, 0) is 37.6 Å². The molecule has 0 aliphatic carbocycles. The topological polar surface area (TPSA) is 144 Å². The molecule has 2 aliphatic rings. The molecular weight excluding hydrogens is 484 g/mol. The fourth-order valence-corrected chi connectivity index (χ4v) is 6.36. The van der Waals surface area contributed by atoms with E-state index in [0.29, 0.717) is 0 Å². The number of sulfone groups is 1. The van der Waals surface area contributed by atoms with Crippen LogP contribution in [0.2, 0.25) is 0 Å². The Hall–Kier alpha value is -3.09. The molecule has 0 spiro atoms. The van der Waals surface area contributed by atoms with Gasteiger partial charge < -0.3 is 4.90 Å². The lowest BCUT2D eigenvalue weighted by molar-refractivity contribution is -0.136. The molecule has 10 nitrogen and oxygen atoms in total. The van der Waals surface area contributed by atoms with E-state index in [0.717, 1.165) is 5.56 Å². The minimum atomic E-state index is -4.13. The van der Waals surface area contributed by atoms with Crippen molar-refractivity contribution in [1.82, 2.24) is 10.2 Å². The first-order chi connectivity index (χ1) is 16.0. The van der Waals surface area contributed by atoms with Crippen molar-refractivity contribution < 1.29 is 35.4 Å². The van der Waals surface area contributed by atoms with Crippen LogP contribution in [0.3, 0.4) is 0 Å². The second kappa shape index (κ2) is 8.93. The summed E-state index contributed by atoms with van der Waals surface area (Å²) in [5.41, 5.74) is 1.25. The molecule has 4 rings (SSSR count). The summed E-state index contributed by atoms with van der Waals surface area (Å²) in [7, 11) is -8.15. The second-order valence-electron chi connectivity index (χ2n) is 8.09. The first-order valence-electron chi connectivity index (χ1n) is 10.4. The van der Waals surface area contributed by atoms with Crippen LogP contribution in [0.1, 0.15) is 34.3 Å². The van der Waals surface area contributed by atoms with Crippen molar-refractivity contribution in [3.63, 3.8) is 0 Å². The van der Waals surface area contributed by atoms with Crippen molar-refractivity contribution in [2.24, 2.45) is 0 Å². The Kier molecular flexibility index (Phi) is 6.32. The third-order valence-electron chi connectivity index (χ3n) is 5.77. The molecule has 2 heterocycles. The van der Waals surface area contributed by atoms with Gasteiger partial charge in [-0.15, -0.1) is 0 Å². The number of nitrogens with zero attached hydrogens (tertiary/aromatic N) is 1. The second-order valence-corrected chi connectivity index (χ2v) is 11.8. The molecule has 0 aromatic heterocycles. The van der Waals surface area contributed by atoms with E-state index in [4.69, 9.17) is 4.18 Å².